The minimum atomic E-state index is -0.610. The molecule has 0 aliphatic carbocycles. The molecule has 0 saturated carbocycles. The highest BCUT2D eigenvalue weighted by atomic mass is 19.1. The second kappa shape index (κ2) is 7.14. The van der Waals surface area contributed by atoms with E-state index in [1.54, 1.807) is 10.7 Å². The van der Waals surface area contributed by atoms with Crippen LogP contribution in [-0.2, 0) is 16.1 Å². The summed E-state index contributed by atoms with van der Waals surface area (Å²) in [5, 5.41) is 13.7. The number of hydrogen-bond acceptors (Lipinski definition) is 4. The van der Waals surface area contributed by atoms with Crippen LogP contribution in [0.5, 0.6) is 0 Å². The third-order valence-corrected chi connectivity index (χ3v) is 4.64. The summed E-state index contributed by atoms with van der Waals surface area (Å²) in [5.74, 6) is -1.58. The van der Waals surface area contributed by atoms with Gasteiger partial charge in [0, 0.05) is 25.2 Å². The summed E-state index contributed by atoms with van der Waals surface area (Å²) in [6, 6.07) is 11.8. The Balaban J connectivity index is 1.37. The fourth-order valence-corrected chi connectivity index (χ4v) is 3.32. The fourth-order valence-electron chi connectivity index (χ4n) is 3.32. The molecule has 1 atom stereocenters. The van der Waals surface area contributed by atoms with E-state index in [-0.39, 0.29) is 18.2 Å². The van der Waals surface area contributed by atoms with E-state index < -0.39 is 11.7 Å². The van der Waals surface area contributed by atoms with Gasteiger partial charge in [-0.1, -0.05) is 23.4 Å². The van der Waals surface area contributed by atoms with Crippen molar-refractivity contribution in [2.75, 3.05) is 11.9 Å². The first-order chi connectivity index (χ1) is 13.1. The normalized spacial score (nSPS) is 16.0. The maximum absolute atomic E-state index is 13.4. The molecule has 2 N–H and O–H groups in total. The molecule has 0 unspecified atom stereocenters. The lowest BCUT2D eigenvalue weighted by Gasteiger charge is -2.24. The molecule has 138 valence electrons. The number of carbonyl (C=O) groups excluding carboxylic acids is 2. The predicted molar refractivity (Wildman–Crippen MR) is 97.5 cm³/mol. The molecular weight excluding hydrogens is 349 g/mol. The number of rotatable bonds is 5. The van der Waals surface area contributed by atoms with Gasteiger partial charge in [0.15, 0.2) is 0 Å². The third kappa shape index (κ3) is 3.51. The molecule has 4 rings (SSSR count). The van der Waals surface area contributed by atoms with Crippen LogP contribution in [0.25, 0.3) is 11.0 Å². The van der Waals surface area contributed by atoms with Crippen molar-refractivity contribution in [3.8, 4) is 0 Å². The van der Waals surface area contributed by atoms with E-state index in [0.29, 0.717) is 30.8 Å². The van der Waals surface area contributed by atoms with Gasteiger partial charge in [-0.3, -0.25) is 9.59 Å². The first-order valence-electron chi connectivity index (χ1n) is 8.77. The standard InChI is InChI=1S/C19H18FN5O2/c20-12-6-7-13-14(11-18(26)22-16(13)10-12)19(27)21-8-3-9-25-17-5-2-1-4-15(17)23-24-25/h1-2,4-7,10,14H,3,8-9,11H2,(H,21,27)(H,22,26)/t14-/m1/s1. The summed E-state index contributed by atoms with van der Waals surface area (Å²) in [4.78, 5) is 24.4. The van der Waals surface area contributed by atoms with Crippen LogP contribution in [0.3, 0.4) is 0 Å². The summed E-state index contributed by atoms with van der Waals surface area (Å²) >= 11 is 0. The summed E-state index contributed by atoms with van der Waals surface area (Å²) in [7, 11) is 0. The van der Waals surface area contributed by atoms with Crippen LogP contribution in [0.15, 0.2) is 42.5 Å². The quantitative estimate of drug-likeness (QED) is 0.677. The van der Waals surface area contributed by atoms with Gasteiger partial charge in [-0.2, -0.15) is 0 Å². The Bertz CT molecular complexity index is 1020. The Morgan fingerprint density at radius 1 is 1.30 bits per heavy atom. The third-order valence-electron chi connectivity index (χ3n) is 4.64. The molecule has 1 aromatic heterocycles. The first-order valence-corrected chi connectivity index (χ1v) is 8.77. The van der Waals surface area contributed by atoms with Crippen LogP contribution in [0.4, 0.5) is 10.1 Å². The van der Waals surface area contributed by atoms with Crippen molar-refractivity contribution >= 4 is 28.5 Å². The zero-order valence-electron chi connectivity index (χ0n) is 14.5. The molecule has 0 spiro atoms. The van der Waals surface area contributed by atoms with Crippen molar-refractivity contribution in [2.24, 2.45) is 0 Å². The SMILES string of the molecule is O=C1C[C@@H](C(=O)NCCCn2nnc3ccccc32)c2ccc(F)cc2N1. The molecule has 0 bridgehead atoms. The van der Waals surface area contributed by atoms with Crippen LogP contribution in [-0.4, -0.2) is 33.4 Å². The van der Waals surface area contributed by atoms with E-state index in [2.05, 4.69) is 20.9 Å². The summed E-state index contributed by atoms with van der Waals surface area (Å²) in [6.07, 6.45) is 0.729. The average Bonchev–Trinajstić information content (AvgIpc) is 3.07. The van der Waals surface area contributed by atoms with Crippen LogP contribution in [0.2, 0.25) is 0 Å². The first kappa shape index (κ1) is 17.1. The maximum atomic E-state index is 13.4. The topological polar surface area (TPSA) is 88.9 Å². The zero-order valence-corrected chi connectivity index (χ0v) is 14.5. The Hall–Kier alpha value is -3.29. The number of aryl methyl sites for hydroxylation is 1. The molecule has 0 saturated heterocycles. The lowest BCUT2D eigenvalue weighted by molar-refractivity contribution is -0.126. The number of anilines is 1. The van der Waals surface area contributed by atoms with E-state index >= 15 is 0 Å². The van der Waals surface area contributed by atoms with Gasteiger partial charge < -0.3 is 10.6 Å². The molecule has 2 amide bonds. The number of para-hydroxylation sites is 1. The van der Waals surface area contributed by atoms with E-state index in [1.807, 2.05) is 24.3 Å². The predicted octanol–water partition coefficient (Wildman–Crippen LogP) is 2.20. The largest absolute Gasteiger partial charge is 0.355 e. The second-order valence-corrected chi connectivity index (χ2v) is 6.48. The van der Waals surface area contributed by atoms with E-state index in [9.17, 15) is 14.0 Å². The summed E-state index contributed by atoms with van der Waals surface area (Å²) in [6.45, 7) is 1.06. The molecule has 8 heteroatoms. The lowest BCUT2D eigenvalue weighted by Crippen LogP contribution is -2.35. The summed E-state index contributed by atoms with van der Waals surface area (Å²) < 4.78 is 15.2. The van der Waals surface area contributed by atoms with E-state index in [1.165, 1.54) is 12.1 Å². The van der Waals surface area contributed by atoms with Crippen LogP contribution in [0, 0.1) is 5.82 Å². The number of nitrogens with zero attached hydrogens (tertiary/aromatic N) is 3. The van der Waals surface area contributed by atoms with Crippen molar-refractivity contribution in [1.29, 1.82) is 0 Å². The van der Waals surface area contributed by atoms with Crippen molar-refractivity contribution in [3.63, 3.8) is 0 Å². The van der Waals surface area contributed by atoms with Gasteiger partial charge >= 0.3 is 0 Å². The molecule has 2 heterocycles. The van der Waals surface area contributed by atoms with Gasteiger partial charge in [-0.25, -0.2) is 9.07 Å². The number of nitrogens with one attached hydrogen (secondary N) is 2. The molecule has 1 aliphatic heterocycles. The van der Waals surface area contributed by atoms with E-state index in [4.69, 9.17) is 0 Å². The molecule has 7 nitrogen and oxygen atoms in total. The van der Waals surface area contributed by atoms with Crippen molar-refractivity contribution in [3.05, 3.63) is 53.8 Å². The maximum Gasteiger partial charge on any atom is 0.228 e. The molecule has 0 radical (unpaired) electrons. The minimum Gasteiger partial charge on any atom is -0.355 e. The lowest BCUT2D eigenvalue weighted by atomic mass is 9.89. The zero-order chi connectivity index (χ0) is 18.8. The Labute approximate surface area is 154 Å². The molecule has 0 fully saturated rings. The van der Waals surface area contributed by atoms with Gasteiger partial charge in [0.05, 0.1) is 11.4 Å². The van der Waals surface area contributed by atoms with Gasteiger partial charge in [-0.05, 0) is 36.2 Å². The monoisotopic (exact) mass is 367 g/mol. The van der Waals surface area contributed by atoms with Gasteiger partial charge in [-0.15, -0.1) is 5.10 Å². The van der Waals surface area contributed by atoms with Crippen molar-refractivity contribution in [1.82, 2.24) is 20.3 Å². The minimum absolute atomic E-state index is 0.0537. The molecule has 3 aromatic rings. The Morgan fingerprint density at radius 2 is 2.15 bits per heavy atom. The van der Waals surface area contributed by atoms with Crippen LogP contribution >= 0.6 is 0 Å². The highest BCUT2D eigenvalue weighted by Crippen LogP contribution is 2.32. The number of amides is 2. The number of carbonyl (C=O) groups is 2. The number of hydrogen-bond donors (Lipinski definition) is 2. The highest BCUT2D eigenvalue weighted by molar-refractivity contribution is 6.01. The van der Waals surface area contributed by atoms with Gasteiger partial charge in [0.1, 0.15) is 11.3 Å². The van der Waals surface area contributed by atoms with Crippen molar-refractivity contribution < 1.29 is 14.0 Å². The number of aromatic nitrogens is 3. The molecular formula is C19H18FN5O2. The van der Waals surface area contributed by atoms with E-state index in [0.717, 1.165) is 11.0 Å². The molecule has 27 heavy (non-hydrogen) atoms. The fraction of sp³-hybridized carbons (Fsp3) is 0.263. The Kier molecular flexibility index (Phi) is 4.53. The second-order valence-electron chi connectivity index (χ2n) is 6.48. The van der Waals surface area contributed by atoms with Crippen LogP contribution in [0.1, 0.15) is 24.3 Å². The van der Waals surface area contributed by atoms with Crippen molar-refractivity contribution in [2.45, 2.75) is 25.3 Å². The molecule has 1 aliphatic rings. The molecule has 2 aromatic carbocycles. The number of benzene rings is 2. The number of fused-ring (bicyclic) bond motifs is 2. The number of halogens is 1. The smallest absolute Gasteiger partial charge is 0.228 e. The Morgan fingerprint density at radius 3 is 3.04 bits per heavy atom. The van der Waals surface area contributed by atoms with Crippen LogP contribution < -0.4 is 10.6 Å². The van der Waals surface area contributed by atoms with Gasteiger partial charge in [0.25, 0.3) is 0 Å². The van der Waals surface area contributed by atoms with Gasteiger partial charge in [0.2, 0.25) is 11.8 Å². The summed E-state index contributed by atoms with van der Waals surface area (Å²) in [5.41, 5.74) is 2.78. The average molecular weight is 367 g/mol. The highest BCUT2D eigenvalue weighted by Gasteiger charge is 2.30.